The number of guanidine groups is 1. The second-order valence-electron chi connectivity index (χ2n) is 2.00. The molecule has 0 saturated heterocycles. The topological polar surface area (TPSA) is 93.8 Å². The van der Waals surface area contributed by atoms with Crippen molar-refractivity contribution in [3.05, 3.63) is 11.8 Å². The van der Waals surface area contributed by atoms with E-state index >= 15 is 0 Å². The molecule has 1 rings (SSSR count). The fourth-order valence-electron chi connectivity index (χ4n) is 0.657. The summed E-state index contributed by atoms with van der Waals surface area (Å²) in [5.41, 5.74) is 5.12. The van der Waals surface area contributed by atoms with Crippen LogP contribution in [0.5, 0.6) is 0 Å². The van der Waals surface area contributed by atoms with Crippen LogP contribution in [0, 0.1) is 0 Å². The van der Waals surface area contributed by atoms with E-state index in [9.17, 15) is 9.59 Å². The number of hydrogen-bond donors (Lipinski definition) is 2. The number of nitrogens with zero attached hydrogens (tertiary/aromatic N) is 1. The van der Waals surface area contributed by atoms with Crippen LogP contribution < -0.4 is 11.1 Å². The molecule has 64 valence electrons. The molecule has 0 unspecified atom stereocenters. The van der Waals surface area contributed by atoms with Crippen LogP contribution in [0.3, 0.4) is 0 Å². The van der Waals surface area contributed by atoms with Crippen LogP contribution in [0.15, 0.2) is 16.8 Å². The molecule has 0 spiro atoms. The van der Waals surface area contributed by atoms with Crippen LogP contribution in [0.4, 0.5) is 0 Å². The molecular formula is C6H7N3O3. The van der Waals surface area contributed by atoms with Crippen molar-refractivity contribution in [2.75, 3.05) is 7.11 Å². The Kier molecular flexibility index (Phi) is 2.09. The van der Waals surface area contributed by atoms with Crippen molar-refractivity contribution in [2.45, 2.75) is 0 Å². The van der Waals surface area contributed by atoms with E-state index in [1.165, 1.54) is 7.11 Å². The lowest BCUT2D eigenvalue weighted by Crippen LogP contribution is -2.30. The Labute approximate surface area is 68.1 Å². The summed E-state index contributed by atoms with van der Waals surface area (Å²) in [5, 5.41) is 2.21. The number of carbonyl (C=O) groups excluding carboxylic acids is 2. The number of nitrogens with one attached hydrogen (secondary N) is 1. The molecule has 0 aliphatic carbocycles. The minimum Gasteiger partial charge on any atom is -0.466 e. The Balaban J connectivity index is 2.82. The lowest BCUT2D eigenvalue weighted by atomic mass is 10.4. The molecule has 1 aliphatic rings. The SMILES string of the molecule is COC(=O)/C=C1/N=C(N)NC1=O. The standard InChI is InChI=1S/C6H7N3O3/c1-12-4(10)2-3-5(11)9-6(7)8-3/h2H,1H3,(H3,7,8,9,11)/b3-2+. The highest BCUT2D eigenvalue weighted by Crippen LogP contribution is 2.02. The largest absolute Gasteiger partial charge is 0.466 e. The monoisotopic (exact) mass is 169 g/mol. The molecule has 0 fully saturated rings. The molecule has 0 radical (unpaired) electrons. The van der Waals surface area contributed by atoms with E-state index in [2.05, 4.69) is 15.0 Å². The van der Waals surface area contributed by atoms with Crippen LogP contribution in [0.25, 0.3) is 0 Å². The first kappa shape index (κ1) is 8.25. The van der Waals surface area contributed by atoms with Gasteiger partial charge < -0.3 is 10.5 Å². The lowest BCUT2D eigenvalue weighted by Gasteiger charge is -1.90. The summed E-state index contributed by atoms with van der Waals surface area (Å²) in [4.78, 5) is 25.0. The second-order valence-corrected chi connectivity index (χ2v) is 2.00. The summed E-state index contributed by atoms with van der Waals surface area (Å²) in [6, 6.07) is 0. The number of amides is 1. The highest BCUT2D eigenvalue weighted by atomic mass is 16.5. The first-order valence-corrected chi connectivity index (χ1v) is 3.08. The Bertz CT molecular complexity index is 292. The highest BCUT2D eigenvalue weighted by molar-refractivity contribution is 6.13. The van der Waals surface area contributed by atoms with Gasteiger partial charge in [-0.1, -0.05) is 0 Å². The van der Waals surface area contributed by atoms with Gasteiger partial charge in [0.05, 0.1) is 13.2 Å². The van der Waals surface area contributed by atoms with Crippen LogP contribution in [0.1, 0.15) is 0 Å². The molecule has 0 saturated carbocycles. The Morgan fingerprint density at radius 1 is 1.75 bits per heavy atom. The van der Waals surface area contributed by atoms with Gasteiger partial charge in [0, 0.05) is 0 Å². The number of methoxy groups -OCH3 is 1. The summed E-state index contributed by atoms with van der Waals surface area (Å²) in [5.74, 6) is -1.16. The predicted molar refractivity (Wildman–Crippen MR) is 39.9 cm³/mol. The van der Waals surface area contributed by atoms with Crippen molar-refractivity contribution >= 4 is 17.8 Å². The van der Waals surface area contributed by atoms with Gasteiger partial charge in [-0.25, -0.2) is 9.79 Å². The van der Waals surface area contributed by atoms with Gasteiger partial charge in [0.25, 0.3) is 5.91 Å². The van der Waals surface area contributed by atoms with E-state index in [1.54, 1.807) is 0 Å². The summed E-state index contributed by atoms with van der Waals surface area (Å²) in [7, 11) is 1.21. The zero-order valence-electron chi connectivity index (χ0n) is 6.33. The van der Waals surface area contributed by atoms with Gasteiger partial charge in [-0.05, 0) is 0 Å². The summed E-state index contributed by atoms with van der Waals surface area (Å²) in [6.45, 7) is 0. The summed E-state index contributed by atoms with van der Waals surface area (Å²) < 4.78 is 4.29. The average molecular weight is 169 g/mol. The Morgan fingerprint density at radius 2 is 2.42 bits per heavy atom. The van der Waals surface area contributed by atoms with E-state index in [0.717, 1.165) is 6.08 Å². The fourth-order valence-corrected chi connectivity index (χ4v) is 0.657. The molecule has 1 heterocycles. The number of carbonyl (C=O) groups is 2. The minimum absolute atomic E-state index is 0.0184. The smallest absolute Gasteiger partial charge is 0.332 e. The van der Waals surface area contributed by atoms with Crippen molar-refractivity contribution in [3.8, 4) is 0 Å². The molecular weight excluding hydrogens is 162 g/mol. The van der Waals surface area contributed by atoms with Crippen LogP contribution >= 0.6 is 0 Å². The molecule has 6 heteroatoms. The normalized spacial score (nSPS) is 18.9. The van der Waals surface area contributed by atoms with Gasteiger partial charge in [-0.2, -0.15) is 0 Å². The molecule has 0 bridgehead atoms. The summed E-state index contributed by atoms with van der Waals surface area (Å²) in [6.07, 6.45) is 0.967. The third-order valence-corrected chi connectivity index (χ3v) is 1.17. The van der Waals surface area contributed by atoms with Crippen LogP contribution in [0.2, 0.25) is 0 Å². The third kappa shape index (κ3) is 1.60. The number of rotatable bonds is 1. The van der Waals surface area contributed by atoms with Gasteiger partial charge in [0.2, 0.25) is 5.96 Å². The van der Waals surface area contributed by atoms with E-state index in [-0.39, 0.29) is 11.7 Å². The van der Waals surface area contributed by atoms with Crippen molar-refractivity contribution in [3.63, 3.8) is 0 Å². The van der Waals surface area contributed by atoms with E-state index in [0.29, 0.717) is 0 Å². The fraction of sp³-hybridized carbons (Fsp3) is 0.167. The van der Waals surface area contributed by atoms with Crippen molar-refractivity contribution in [1.82, 2.24) is 5.32 Å². The predicted octanol–water partition coefficient (Wildman–Crippen LogP) is -1.51. The maximum absolute atomic E-state index is 10.9. The molecule has 1 aliphatic heterocycles. The van der Waals surface area contributed by atoms with E-state index in [4.69, 9.17) is 5.73 Å². The number of hydrogen-bond acceptors (Lipinski definition) is 5. The van der Waals surface area contributed by atoms with Crippen molar-refractivity contribution < 1.29 is 14.3 Å². The number of esters is 1. The van der Waals surface area contributed by atoms with E-state index < -0.39 is 11.9 Å². The zero-order valence-corrected chi connectivity index (χ0v) is 6.33. The second kappa shape index (κ2) is 3.04. The maximum Gasteiger partial charge on any atom is 0.332 e. The maximum atomic E-state index is 10.9. The van der Waals surface area contributed by atoms with Gasteiger partial charge in [0.1, 0.15) is 5.70 Å². The van der Waals surface area contributed by atoms with Gasteiger partial charge >= 0.3 is 5.97 Å². The molecule has 0 aromatic carbocycles. The molecule has 3 N–H and O–H groups in total. The van der Waals surface area contributed by atoms with Crippen molar-refractivity contribution in [2.24, 2.45) is 10.7 Å². The first-order chi connectivity index (χ1) is 5.63. The van der Waals surface area contributed by atoms with Crippen LogP contribution in [-0.4, -0.2) is 24.9 Å². The average Bonchev–Trinajstić information content (AvgIpc) is 2.30. The third-order valence-electron chi connectivity index (χ3n) is 1.17. The zero-order chi connectivity index (χ0) is 9.14. The Morgan fingerprint density at radius 3 is 2.83 bits per heavy atom. The number of nitrogens with two attached hydrogens (primary N) is 1. The number of ether oxygens (including phenoxy) is 1. The van der Waals surface area contributed by atoms with Gasteiger partial charge in [-0.15, -0.1) is 0 Å². The first-order valence-electron chi connectivity index (χ1n) is 3.08. The van der Waals surface area contributed by atoms with E-state index in [1.807, 2.05) is 0 Å². The van der Waals surface area contributed by atoms with Crippen LogP contribution in [-0.2, 0) is 14.3 Å². The quantitative estimate of drug-likeness (QED) is 0.368. The molecule has 1 amide bonds. The molecule has 12 heavy (non-hydrogen) atoms. The Hall–Kier alpha value is -1.85. The van der Waals surface area contributed by atoms with Gasteiger partial charge in [0.15, 0.2) is 0 Å². The number of aliphatic imine (C=N–C) groups is 1. The minimum atomic E-state index is -0.640. The molecule has 6 nitrogen and oxygen atoms in total. The van der Waals surface area contributed by atoms with Crippen molar-refractivity contribution in [1.29, 1.82) is 0 Å². The molecule has 0 atom stereocenters. The lowest BCUT2D eigenvalue weighted by molar-refractivity contribution is -0.135. The van der Waals surface area contributed by atoms with Gasteiger partial charge in [-0.3, -0.25) is 10.1 Å². The molecule has 0 aromatic heterocycles. The highest BCUT2D eigenvalue weighted by Gasteiger charge is 2.18. The summed E-state index contributed by atoms with van der Waals surface area (Å²) >= 11 is 0. The molecule has 0 aromatic rings.